The first-order valence-corrected chi connectivity index (χ1v) is 8.54. The Morgan fingerprint density at radius 2 is 2.00 bits per heavy atom. The van der Waals surface area contributed by atoms with E-state index >= 15 is 0 Å². The number of carbonyl (C=O) groups excluding carboxylic acids is 1. The number of hydrogen-bond donors (Lipinski definition) is 0. The molecule has 0 saturated heterocycles. The van der Waals surface area contributed by atoms with Crippen LogP contribution in [0.5, 0.6) is 0 Å². The summed E-state index contributed by atoms with van der Waals surface area (Å²) in [6.07, 6.45) is 3.20. The Balaban J connectivity index is 1.47. The van der Waals surface area contributed by atoms with Crippen LogP contribution in [0.4, 0.5) is 0 Å². The van der Waals surface area contributed by atoms with E-state index in [2.05, 4.69) is 20.2 Å². The topological polar surface area (TPSA) is 107 Å². The fourth-order valence-corrected chi connectivity index (χ4v) is 2.70. The summed E-state index contributed by atoms with van der Waals surface area (Å²) in [5.41, 5.74) is 0.272. The van der Waals surface area contributed by atoms with E-state index in [0.29, 0.717) is 16.9 Å². The van der Waals surface area contributed by atoms with Crippen LogP contribution in [0.1, 0.15) is 5.89 Å². The number of aromatic nitrogens is 5. The van der Waals surface area contributed by atoms with Crippen molar-refractivity contribution in [2.45, 2.75) is 13.1 Å². The molecule has 9 nitrogen and oxygen atoms in total. The van der Waals surface area contributed by atoms with Crippen molar-refractivity contribution >= 4 is 16.7 Å². The van der Waals surface area contributed by atoms with E-state index in [9.17, 15) is 9.59 Å². The van der Waals surface area contributed by atoms with Crippen LogP contribution in [0.15, 0.2) is 64.2 Å². The van der Waals surface area contributed by atoms with E-state index in [4.69, 9.17) is 4.52 Å². The maximum atomic E-state index is 12.5. The van der Waals surface area contributed by atoms with Gasteiger partial charge in [-0.25, -0.2) is 4.68 Å². The molecule has 4 rings (SSSR count). The van der Waals surface area contributed by atoms with E-state index < -0.39 is 0 Å². The molecule has 0 atom stereocenters. The molecule has 1 amide bonds. The number of rotatable bonds is 5. The van der Waals surface area contributed by atoms with Crippen LogP contribution in [0, 0.1) is 0 Å². The highest BCUT2D eigenvalue weighted by Crippen LogP contribution is 2.13. The lowest BCUT2D eigenvalue weighted by Crippen LogP contribution is -2.34. The fraction of sp³-hybridized carbons (Fsp3) is 0.158. The summed E-state index contributed by atoms with van der Waals surface area (Å²) in [6.45, 7) is -0.0671. The number of likely N-dealkylation sites (N-methyl/N-ethyl adjacent to an activating group) is 1. The van der Waals surface area contributed by atoms with Crippen LogP contribution >= 0.6 is 0 Å². The van der Waals surface area contributed by atoms with Crippen molar-refractivity contribution in [1.29, 1.82) is 0 Å². The SMILES string of the molecule is CN(Cc1nc(-c2ccccn2)no1)C(=O)Cn1ncc2ccccc2c1=O. The van der Waals surface area contributed by atoms with Gasteiger partial charge in [0, 0.05) is 18.6 Å². The zero-order valence-corrected chi connectivity index (χ0v) is 15.0. The van der Waals surface area contributed by atoms with E-state index in [1.165, 1.54) is 4.90 Å². The lowest BCUT2D eigenvalue weighted by Gasteiger charge is -2.15. The standard InChI is InChI=1S/C19H16N6O3/c1-24(11-16-22-18(23-28-16)15-8-4-5-9-20-15)17(26)12-25-19(27)14-7-3-2-6-13(14)10-21-25/h2-10H,11-12H2,1H3. The molecule has 28 heavy (non-hydrogen) atoms. The number of hydrogen-bond acceptors (Lipinski definition) is 7. The van der Waals surface area contributed by atoms with E-state index in [0.717, 1.165) is 10.1 Å². The smallest absolute Gasteiger partial charge is 0.275 e. The third-order valence-corrected chi connectivity index (χ3v) is 4.21. The summed E-state index contributed by atoms with van der Waals surface area (Å²) in [6, 6.07) is 12.5. The molecule has 4 aromatic rings. The molecule has 0 unspecified atom stereocenters. The largest absolute Gasteiger partial charge is 0.337 e. The van der Waals surface area contributed by atoms with Crippen LogP contribution in [0.3, 0.4) is 0 Å². The quantitative estimate of drug-likeness (QED) is 0.519. The second-order valence-electron chi connectivity index (χ2n) is 6.17. The predicted octanol–water partition coefficient (Wildman–Crippen LogP) is 1.50. The first-order chi connectivity index (χ1) is 13.6. The van der Waals surface area contributed by atoms with Gasteiger partial charge in [-0.15, -0.1) is 0 Å². The van der Waals surface area contributed by atoms with Crippen molar-refractivity contribution in [3.05, 3.63) is 71.1 Å². The third kappa shape index (κ3) is 3.50. The van der Waals surface area contributed by atoms with Crippen LogP contribution in [-0.2, 0) is 17.9 Å². The molecule has 1 aromatic carbocycles. The van der Waals surface area contributed by atoms with Gasteiger partial charge in [0.15, 0.2) is 0 Å². The molecule has 9 heteroatoms. The third-order valence-electron chi connectivity index (χ3n) is 4.21. The minimum absolute atomic E-state index is 0.112. The molecule has 0 aliphatic rings. The number of fused-ring (bicyclic) bond motifs is 1. The molecule has 140 valence electrons. The van der Waals surface area contributed by atoms with Crippen molar-refractivity contribution in [3.8, 4) is 11.5 Å². The maximum absolute atomic E-state index is 12.5. The molecule has 0 aliphatic carbocycles. The number of amides is 1. The molecule has 3 heterocycles. The maximum Gasteiger partial charge on any atom is 0.275 e. The van der Waals surface area contributed by atoms with Gasteiger partial charge in [-0.3, -0.25) is 14.6 Å². The van der Waals surface area contributed by atoms with Gasteiger partial charge in [-0.1, -0.05) is 29.4 Å². The van der Waals surface area contributed by atoms with Crippen LogP contribution in [0.25, 0.3) is 22.3 Å². The minimum Gasteiger partial charge on any atom is -0.337 e. The van der Waals surface area contributed by atoms with Gasteiger partial charge < -0.3 is 9.42 Å². The Morgan fingerprint density at radius 1 is 1.18 bits per heavy atom. The summed E-state index contributed by atoms with van der Waals surface area (Å²) in [5.74, 6) is 0.321. The van der Waals surface area contributed by atoms with Gasteiger partial charge in [0.05, 0.1) is 18.1 Å². The van der Waals surface area contributed by atoms with Crippen LogP contribution in [0.2, 0.25) is 0 Å². The summed E-state index contributed by atoms with van der Waals surface area (Å²) in [4.78, 5) is 34.8. The lowest BCUT2D eigenvalue weighted by molar-refractivity contribution is -0.131. The molecule has 0 bridgehead atoms. The van der Waals surface area contributed by atoms with Gasteiger partial charge >= 0.3 is 0 Å². The molecule has 0 aliphatic heterocycles. The van der Waals surface area contributed by atoms with Gasteiger partial charge in [0.25, 0.3) is 5.56 Å². The molecule has 0 radical (unpaired) electrons. The molecule has 3 aromatic heterocycles. The highest BCUT2D eigenvalue weighted by atomic mass is 16.5. The van der Waals surface area contributed by atoms with E-state index in [1.54, 1.807) is 49.8 Å². The zero-order valence-electron chi connectivity index (χ0n) is 15.0. The highest BCUT2D eigenvalue weighted by molar-refractivity contribution is 5.81. The Bertz CT molecular complexity index is 1180. The van der Waals surface area contributed by atoms with Crippen molar-refractivity contribution in [3.63, 3.8) is 0 Å². The molecular weight excluding hydrogens is 360 g/mol. The molecule has 0 saturated carbocycles. The molecule has 0 fully saturated rings. The van der Waals surface area contributed by atoms with Crippen molar-refractivity contribution < 1.29 is 9.32 Å². The van der Waals surface area contributed by atoms with Gasteiger partial charge in [-0.05, 0) is 18.2 Å². The molecule has 0 N–H and O–H groups in total. The van der Waals surface area contributed by atoms with Crippen LogP contribution in [-0.4, -0.2) is 42.8 Å². The van der Waals surface area contributed by atoms with Crippen molar-refractivity contribution in [2.75, 3.05) is 7.05 Å². The van der Waals surface area contributed by atoms with Gasteiger partial charge in [-0.2, -0.15) is 10.1 Å². The first kappa shape index (κ1) is 17.5. The van der Waals surface area contributed by atoms with E-state index in [1.807, 2.05) is 12.1 Å². The number of pyridine rings is 1. The highest BCUT2D eigenvalue weighted by Gasteiger charge is 2.17. The molecular formula is C19H16N6O3. The fourth-order valence-electron chi connectivity index (χ4n) is 2.70. The summed E-state index contributed by atoms with van der Waals surface area (Å²) < 4.78 is 6.34. The number of carbonyl (C=O) groups is 1. The van der Waals surface area contributed by atoms with Gasteiger partial charge in [0.1, 0.15) is 12.2 Å². The normalized spacial score (nSPS) is 10.9. The summed E-state index contributed by atoms with van der Waals surface area (Å²) in [5, 5.41) is 9.21. The summed E-state index contributed by atoms with van der Waals surface area (Å²) >= 11 is 0. The Morgan fingerprint density at radius 3 is 2.82 bits per heavy atom. The second-order valence-corrected chi connectivity index (χ2v) is 6.17. The Hall–Kier alpha value is -3.88. The van der Waals surface area contributed by atoms with Crippen molar-refractivity contribution in [2.24, 2.45) is 0 Å². The first-order valence-electron chi connectivity index (χ1n) is 8.54. The number of nitrogens with zero attached hydrogens (tertiary/aromatic N) is 6. The molecule has 0 spiro atoms. The Kier molecular flexibility index (Phi) is 4.63. The monoisotopic (exact) mass is 376 g/mol. The minimum atomic E-state index is -0.310. The number of benzene rings is 1. The van der Waals surface area contributed by atoms with Crippen LogP contribution < -0.4 is 5.56 Å². The summed E-state index contributed by atoms with van der Waals surface area (Å²) in [7, 11) is 1.60. The predicted molar refractivity (Wildman–Crippen MR) is 100 cm³/mol. The lowest BCUT2D eigenvalue weighted by atomic mass is 10.2. The Labute approximate surface area is 159 Å². The van der Waals surface area contributed by atoms with E-state index in [-0.39, 0.29) is 30.4 Å². The zero-order chi connectivity index (χ0) is 19.5. The van der Waals surface area contributed by atoms with Gasteiger partial charge in [0.2, 0.25) is 17.6 Å². The second kappa shape index (κ2) is 7.39. The average molecular weight is 376 g/mol. The van der Waals surface area contributed by atoms with Crippen molar-refractivity contribution in [1.82, 2.24) is 29.8 Å². The average Bonchev–Trinajstić information content (AvgIpc) is 3.19.